The fraction of sp³-hybridized carbons (Fsp3) is 0.0833. The minimum Gasteiger partial charge on any atom is -0.472 e. The van der Waals surface area contributed by atoms with Gasteiger partial charge in [0.1, 0.15) is 12.0 Å². The zero-order chi connectivity index (χ0) is 11.7. The lowest BCUT2D eigenvalue weighted by Crippen LogP contribution is -2.06. The molecule has 0 saturated carbocycles. The Morgan fingerprint density at radius 1 is 1.18 bits per heavy atom. The van der Waals surface area contributed by atoms with Gasteiger partial charge in [-0.1, -0.05) is 0 Å². The van der Waals surface area contributed by atoms with Crippen molar-refractivity contribution < 1.29 is 23.4 Å². The van der Waals surface area contributed by atoms with Gasteiger partial charge in [-0.25, -0.2) is 4.79 Å². The maximum atomic E-state index is 11.6. The third-order valence-electron chi connectivity index (χ3n) is 2.31. The highest BCUT2D eigenvalue weighted by molar-refractivity contribution is 5.90. The number of furan rings is 1. The zero-order valence-electron chi connectivity index (χ0n) is 8.71. The molecule has 0 atom stereocenters. The number of rotatable bonds is 2. The van der Waals surface area contributed by atoms with E-state index in [1.54, 1.807) is 18.2 Å². The normalized spacial score (nSPS) is 12.5. The van der Waals surface area contributed by atoms with Gasteiger partial charge in [0.15, 0.2) is 11.5 Å². The summed E-state index contributed by atoms with van der Waals surface area (Å²) in [6, 6.07) is 6.49. The Bertz CT molecular complexity index is 544. The second kappa shape index (κ2) is 3.86. The van der Waals surface area contributed by atoms with Crippen molar-refractivity contribution in [3.63, 3.8) is 0 Å². The minimum absolute atomic E-state index is 0.189. The average Bonchev–Trinajstić information content (AvgIpc) is 2.99. The molecule has 0 aliphatic carbocycles. The molecule has 2 heterocycles. The third-order valence-corrected chi connectivity index (χ3v) is 2.31. The summed E-state index contributed by atoms with van der Waals surface area (Å²) < 4.78 is 20.3. The standard InChI is InChI=1S/C12H8O5/c13-12(8-3-4-14-6-8)17-9-1-2-10-11(5-9)16-7-15-10/h1-6H,7H2. The maximum absolute atomic E-state index is 11.6. The summed E-state index contributed by atoms with van der Waals surface area (Å²) in [5, 5.41) is 0. The van der Waals surface area contributed by atoms with E-state index < -0.39 is 5.97 Å². The molecule has 1 aliphatic heterocycles. The van der Waals surface area contributed by atoms with Crippen LogP contribution in [0.1, 0.15) is 10.4 Å². The molecule has 0 amide bonds. The molecule has 1 aliphatic rings. The van der Waals surface area contributed by atoms with Crippen LogP contribution in [0.25, 0.3) is 0 Å². The highest BCUT2D eigenvalue weighted by Crippen LogP contribution is 2.35. The molecule has 0 spiro atoms. The summed E-state index contributed by atoms with van der Waals surface area (Å²) in [7, 11) is 0. The van der Waals surface area contributed by atoms with E-state index in [9.17, 15) is 4.79 Å². The van der Waals surface area contributed by atoms with E-state index in [4.69, 9.17) is 18.6 Å². The third kappa shape index (κ3) is 1.82. The van der Waals surface area contributed by atoms with Crippen LogP contribution in [0.5, 0.6) is 17.2 Å². The van der Waals surface area contributed by atoms with Gasteiger partial charge in [0.25, 0.3) is 0 Å². The van der Waals surface area contributed by atoms with Crippen LogP contribution in [-0.2, 0) is 0 Å². The van der Waals surface area contributed by atoms with Crippen LogP contribution in [0.3, 0.4) is 0 Å². The van der Waals surface area contributed by atoms with Crippen molar-refractivity contribution in [3.8, 4) is 17.2 Å². The molecule has 0 saturated heterocycles. The van der Waals surface area contributed by atoms with Gasteiger partial charge in [0.2, 0.25) is 6.79 Å². The first-order chi connectivity index (χ1) is 8.33. The number of hydrogen-bond donors (Lipinski definition) is 0. The van der Waals surface area contributed by atoms with Gasteiger partial charge in [-0.05, 0) is 18.2 Å². The molecule has 0 fully saturated rings. The van der Waals surface area contributed by atoms with Gasteiger partial charge < -0.3 is 18.6 Å². The van der Waals surface area contributed by atoms with Crippen molar-refractivity contribution >= 4 is 5.97 Å². The Balaban J connectivity index is 1.80. The van der Waals surface area contributed by atoms with Gasteiger partial charge in [-0.2, -0.15) is 0 Å². The first-order valence-electron chi connectivity index (χ1n) is 4.97. The van der Waals surface area contributed by atoms with Crippen LogP contribution < -0.4 is 14.2 Å². The topological polar surface area (TPSA) is 57.9 Å². The van der Waals surface area contributed by atoms with Gasteiger partial charge in [-0.3, -0.25) is 0 Å². The summed E-state index contributed by atoms with van der Waals surface area (Å²) in [5.74, 6) is 1.15. The maximum Gasteiger partial charge on any atom is 0.346 e. The lowest BCUT2D eigenvalue weighted by Gasteiger charge is -2.03. The Morgan fingerprint density at radius 3 is 2.88 bits per heavy atom. The molecular weight excluding hydrogens is 224 g/mol. The van der Waals surface area contributed by atoms with Crippen molar-refractivity contribution in [3.05, 3.63) is 42.4 Å². The monoisotopic (exact) mass is 232 g/mol. The molecule has 2 aromatic rings. The highest BCUT2D eigenvalue weighted by atomic mass is 16.7. The van der Waals surface area contributed by atoms with Crippen LogP contribution in [0.4, 0.5) is 0 Å². The number of esters is 1. The van der Waals surface area contributed by atoms with Crippen molar-refractivity contribution in [2.24, 2.45) is 0 Å². The molecule has 3 rings (SSSR count). The van der Waals surface area contributed by atoms with E-state index in [0.717, 1.165) is 0 Å². The fourth-order valence-electron chi connectivity index (χ4n) is 1.49. The molecule has 17 heavy (non-hydrogen) atoms. The summed E-state index contributed by atoms with van der Waals surface area (Å²) in [6.07, 6.45) is 2.74. The zero-order valence-corrected chi connectivity index (χ0v) is 8.71. The number of carbonyl (C=O) groups excluding carboxylic acids is 1. The van der Waals surface area contributed by atoms with Crippen LogP contribution in [0, 0.1) is 0 Å². The lowest BCUT2D eigenvalue weighted by molar-refractivity contribution is 0.0734. The first-order valence-corrected chi connectivity index (χ1v) is 4.97. The number of carbonyl (C=O) groups is 1. The molecule has 86 valence electrons. The van der Waals surface area contributed by atoms with Gasteiger partial charge in [-0.15, -0.1) is 0 Å². The molecule has 1 aromatic carbocycles. The number of ether oxygens (including phenoxy) is 3. The molecular formula is C12H8O5. The fourth-order valence-corrected chi connectivity index (χ4v) is 1.49. The average molecular weight is 232 g/mol. The van der Waals surface area contributed by atoms with E-state index in [1.165, 1.54) is 18.6 Å². The van der Waals surface area contributed by atoms with Crippen molar-refractivity contribution in [1.82, 2.24) is 0 Å². The Kier molecular flexibility index (Phi) is 2.22. The molecule has 0 N–H and O–H groups in total. The Hall–Kier alpha value is -2.43. The number of benzene rings is 1. The van der Waals surface area contributed by atoms with Crippen molar-refractivity contribution in [1.29, 1.82) is 0 Å². The summed E-state index contributed by atoms with van der Waals surface area (Å²) in [6.45, 7) is 0.189. The first kappa shape index (κ1) is 9.77. The number of hydrogen-bond acceptors (Lipinski definition) is 5. The highest BCUT2D eigenvalue weighted by Gasteiger charge is 2.16. The minimum atomic E-state index is -0.474. The van der Waals surface area contributed by atoms with E-state index in [1.807, 2.05) is 0 Å². The van der Waals surface area contributed by atoms with E-state index in [0.29, 0.717) is 22.8 Å². The van der Waals surface area contributed by atoms with Crippen LogP contribution >= 0.6 is 0 Å². The summed E-state index contributed by atoms with van der Waals surface area (Å²) >= 11 is 0. The molecule has 5 nitrogen and oxygen atoms in total. The predicted molar refractivity (Wildman–Crippen MR) is 56.2 cm³/mol. The summed E-state index contributed by atoms with van der Waals surface area (Å²) in [4.78, 5) is 11.6. The Labute approximate surface area is 96.5 Å². The van der Waals surface area contributed by atoms with Crippen molar-refractivity contribution in [2.75, 3.05) is 6.79 Å². The Morgan fingerprint density at radius 2 is 2.06 bits per heavy atom. The molecule has 0 unspecified atom stereocenters. The quantitative estimate of drug-likeness (QED) is 0.587. The largest absolute Gasteiger partial charge is 0.472 e. The van der Waals surface area contributed by atoms with Gasteiger partial charge in [0, 0.05) is 6.07 Å². The van der Waals surface area contributed by atoms with Gasteiger partial charge in [0.05, 0.1) is 11.8 Å². The SMILES string of the molecule is O=C(Oc1ccc2c(c1)OCO2)c1ccoc1. The molecule has 0 bridgehead atoms. The molecule has 0 radical (unpaired) electrons. The lowest BCUT2D eigenvalue weighted by atomic mass is 10.3. The van der Waals surface area contributed by atoms with E-state index in [-0.39, 0.29) is 6.79 Å². The number of fused-ring (bicyclic) bond motifs is 1. The molecule has 5 heteroatoms. The second-order valence-corrected chi connectivity index (χ2v) is 3.42. The smallest absolute Gasteiger partial charge is 0.346 e. The van der Waals surface area contributed by atoms with Crippen molar-refractivity contribution in [2.45, 2.75) is 0 Å². The summed E-state index contributed by atoms with van der Waals surface area (Å²) in [5.41, 5.74) is 0.364. The van der Waals surface area contributed by atoms with Crippen LogP contribution in [0.2, 0.25) is 0 Å². The van der Waals surface area contributed by atoms with Crippen LogP contribution in [0.15, 0.2) is 41.2 Å². The second-order valence-electron chi connectivity index (χ2n) is 3.42. The van der Waals surface area contributed by atoms with Crippen LogP contribution in [-0.4, -0.2) is 12.8 Å². The predicted octanol–water partition coefficient (Wildman–Crippen LogP) is 2.23. The van der Waals surface area contributed by atoms with E-state index >= 15 is 0 Å². The van der Waals surface area contributed by atoms with E-state index in [2.05, 4.69) is 0 Å². The molecule has 1 aromatic heterocycles. The van der Waals surface area contributed by atoms with Gasteiger partial charge >= 0.3 is 5.97 Å².